The third-order valence-corrected chi connectivity index (χ3v) is 4.24. The fourth-order valence-corrected chi connectivity index (χ4v) is 3.06. The monoisotopic (exact) mass is 240 g/mol. The van der Waals surface area contributed by atoms with Crippen molar-refractivity contribution in [3.63, 3.8) is 0 Å². The van der Waals surface area contributed by atoms with Crippen LogP contribution < -0.4 is 5.32 Å². The predicted molar refractivity (Wildman–Crippen MR) is 76.4 cm³/mol. The molecule has 1 aliphatic rings. The van der Waals surface area contributed by atoms with E-state index in [9.17, 15) is 0 Å². The standard InChI is InChI=1S/C15H32N2/c1-5-15(8-6-7-9-15)13-17(4)11-10-16-12-14(2)3/h14,16H,5-13H2,1-4H3. The first kappa shape index (κ1) is 15.0. The quantitative estimate of drug-likeness (QED) is 0.656. The maximum absolute atomic E-state index is 3.53. The Hall–Kier alpha value is -0.0800. The van der Waals surface area contributed by atoms with E-state index in [1.54, 1.807) is 0 Å². The van der Waals surface area contributed by atoms with E-state index >= 15 is 0 Å². The molecule has 0 amide bonds. The lowest BCUT2D eigenvalue weighted by atomic mass is 9.83. The van der Waals surface area contributed by atoms with Crippen LogP contribution in [0.15, 0.2) is 0 Å². The third kappa shape index (κ3) is 5.39. The molecule has 0 aromatic carbocycles. The van der Waals surface area contributed by atoms with Crippen LogP contribution in [0.1, 0.15) is 52.9 Å². The molecule has 1 rings (SSSR count). The van der Waals surface area contributed by atoms with E-state index in [-0.39, 0.29) is 0 Å². The number of nitrogens with one attached hydrogen (secondary N) is 1. The van der Waals surface area contributed by atoms with E-state index < -0.39 is 0 Å². The van der Waals surface area contributed by atoms with Crippen LogP contribution in [0, 0.1) is 11.3 Å². The molecule has 0 saturated heterocycles. The second-order valence-corrected chi connectivity index (χ2v) is 6.40. The van der Waals surface area contributed by atoms with Crippen LogP contribution in [0.25, 0.3) is 0 Å². The molecule has 2 nitrogen and oxygen atoms in total. The first-order valence-corrected chi connectivity index (χ1v) is 7.47. The van der Waals surface area contributed by atoms with Crippen molar-refractivity contribution in [1.82, 2.24) is 10.2 Å². The Morgan fingerprint density at radius 3 is 2.41 bits per heavy atom. The van der Waals surface area contributed by atoms with Crippen molar-refractivity contribution in [3.05, 3.63) is 0 Å². The Kier molecular flexibility index (Phi) is 6.50. The number of nitrogens with zero attached hydrogens (tertiary/aromatic N) is 1. The summed E-state index contributed by atoms with van der Waals surface area (Å²) < 4.78 is 0. The van der Waals surface area contributed by atoms with Gasteiger partial charge in [-0.2, -0.15) is 0 Å². The van der Waals surface area contributed by atoms with Gasteiger partial charge in [0.05, 0.1) is 0 Å². The molecule has 1 aliphatic carbocycles. The molecule has 0 aromatic rings. The lowest BCUT2D eigenvalue weighted by Gasteiger charge is -2.32. The molecule has 0 spiro atoms. The average Bonchev–Trinajstić information content (AvgIpc) is 2.73. The molecule has 0 unspecified atom stereocenters. The summed E-state index contributed by atoms with van der Waals surface area (Å²) in [7, 11) is 2.28. The van der Waals surface area contributed by atoms with Gasteiger partial charge in [-0.05, 0) is 44.2 Å². The largest absolute Gasteiger partial charge is 0.315 e. The molecule has 0 bridgehead atoms. The molecule has 0 aromatic heterocycles. The van der Waals surface area contributed by atoms with Gasteiger partial charge in [0.15, 0.2) is 0 Å². The fourth-order valence-electron chi connectivity index (χ4n) is 3.06. The second kappa shape index (κ2) is 7.38. The smallest absolute Gasteiger partial charge is 0.0104 e. The van der Waals surface area contributed by atoms with Crippen LogP contribution in [0.5, 0.6) is 0 Å². The highest BCUT2D eigenvalue weighted by Crippen LogP contribution is 2.41. The minimum Gasteiger partial charge on any atom is -0.315 e. The van der Waals surface area contributed by atoms with Gasteiger partial charge in [-0.15, -0.1) is 0 Å². The Morgan fingerprint density at radius 1 is 1.24 bits per heavy atom. The van der Waals surface area contributed by atoms with Gasteiger partial charge in [0.2, 0.25) is 0 Å². The van der Waals surface area contributed by atoms with Crippen LogP contribution in [0.2, 0.25) is 0 Å². The minimum absolute atomic E-state index is 0.646. The van der Waals surface area contributed by atoms with Crippen molar-refractivity contribution in [2.24, 2.45) is 11.3 Å². The van der Waals surface area contributed by atoms with Crippen molar-refractivity contribution in [3.8, 4) is 0 Å². The highest BCUT2D eigenvalue weighted by atomic mass is 15.1. The molecule has 1 fully saturated rings. The van der Waals surface area contributed by atoms with Crippen LogP contribution >= 0.6 is 0 Å². The second-order valence-electron chi connectivity index (χ2n) is 6.40. The summed E-state index contributed by atoms with van der Waals surface area (Å²) in [6, 6.07) is 0. The zero-order valence-corrected chi connectivity index (χ0v) is 12.4. The van der Waals surface area contributed by atoms with Crippen LogP contribution in [0.4, 0.5) is 0 Å². The molecule has 0 atom stereocenters. The van der Waals surface area contributed by atoms with Gasteiger partial charge >= 0.3 is 0 Å². The Labute approximate surface area is 108 Å². The first-order valence-electron chi connectivity index (χ1n) is 7.47. The average molecular weight is 240 g/mol. The summed E-state index contributed by atoms with van der Waals surface area (Å²) in [5.41, 5.74) is 0.646. The zero-order valence-electron chi connectivity index (χ0n) is 12.4. The van der Waals surface area contributed by atoms with Gasteiger partial charge in [0.25, 0.3) is 0 Å². The first-order chi connectivity index (χ1) is 8.08. The fraction of sp³-hybridized carbons (Fsp3) is 1.00. The molecule has 1 saturated carbocycles. The summed E-state index contributed by atoms with van der Waals surface area (Å²) in [6.07, 6.45) is 7.16. The van der Waals surface area contributed by atoms with Crippen molar-refractivity contribution in [2.45, 2.75) is 52.9 Å². The van der Waals surface area contributed by atoms with E-state index in [0.29, 0.717) is 5.41 Å². The number of hydrogen-bond acceptors (Lipinski definition) is 2. The van der Waals surface area contributed by atoms with Crippen molar-refractivity contribution in [1.29, 1.82) is 0 Å². The van der Waals surface area contributed by atoms with Crippen molar-refractivity contribution >= 4 is 0 Å². The van der Waals surface area contributed by atoms with Crippen molar-refractivity contribution in [2.75, 3.05) is 33.2 Å². The Balaban J connectivity index is 2.17. The van der Waals surface area contributed by atoms with Gasteiger partial charge < -0.3 is 10.2 Å². The van der Waals surface area contributed by atoms with Crippen LogP contribution in [-0.4, -0.2) is 38.1 Å². The summed E-state index contributed by atoms with van der Waals surface area (Å²) in [4.78, 5) is 2.53. The Morgan fingerprint density at radius 2 is 1.88 bits per heavy atom. The molecule has 2 heteroatoms. The van der Waals surface area contributed by atoms with E-state index in [2.05, 4.69) is 38.0 Å². The molecule has 1 N–H and O–H groups in total. The van der Waals surface area contributed by atoms with E-state index in [4.69, 9.17) is 0 Å². The van der Waals surface area contributed by atoms with Crippen LogP contribution in [0.3, 0.4) is 0 Å². The molecule has 0 heterocycles. The molecular formula is C15H32N2. The predicted octanol–water partition coefficient (Wildman–Crippen LogP) is 3.13. The van der Waals surface area contributed by atoms with E-state index in [1.807, 2.05) is 0 Å². The number of hydrogen-bond donors (Lipinski definition) is 1. The normalized spacial score (nSPS) is 19.4. The minimum atomic E-state index is 0.646. The van der Waals surface area contributed by atoms with Gasteiger partial charge in [0, 0.05) is 19.6 Å². The molecule has 17 heavy (non-hydrogen) atoms. The topological polar surface area (TPSA) is 15.3 Å². The zero-order chi connectivity index (χ0) is 12.7. The molecular weight excluding hydrogens is 208 g/mol. The van der Waals surface area contributed by atoms with Gasteiger partial charge in [-0.3, -0.25) is 0 Å². The molecule has 0 radical (unpaired) electrons. The maximum Gasteiger partial charge on any atom is 0.0104 e. The SMILES string of the molecule is CCC1(CN(C)CCNCC(C)C)CCCC1. The number of rotatable bonds is 8. The van der Waals surface area contributed by atoms with Crippen molar-refractivity contribution < 1.29 is 0 Å². The number of likely N-dealkylation sites (N-methyl/N-ethyl adjacent to an activating group) is 1. The highest BCUT2D eigenvalue weighted by Gasteiger charge is 2.32. The van der Waals surface area contributed by atoms with E-state index in [1.165, 1.54) is 45.2 Å². The summed E-state index contributed by atoms with van der Waals surface area (Å²) >= 11 is 0. The van der Waals surface area contributed by atoms with Crippen LogP contribution in [-0.2, 0) is 0 Å². The van der Waals surface area contributed by atoms with Gasteiger partial charge in [0.1, 0.15) is 0 Å². The van der Waals surface area contributed by atoms with Gasteiger partial charge in [-0.25, -0.2) is 0 Å². The summed E-state index contributed by atoms with van der Waals surface area (Å²) in [6.45, 7) is 11.7. The van der Waals surface area contributed by atoms with Gasteiger partial charge in [-0.1, -0.05) is 33.6 Å². The summed E-state index contributed by atoms with van der Waals surface area (Å²) in [5.74, 6) is 0.761. The molecule has 102 valence electrons. The molecule has 0 aliphatic heterocycles. The Bertz CT molecular complexity index is 195. The third-order valence-electron chi connectivity index (χ3n) is 4.24. The highest BCUT2D eigenvalue weighted by molar-refractivity contribution is 4.85. The van der Waals surface area contributed by atoms with E-state index in [0.717, 1.165) is 19.0 Å². The lowest BCUT2D eigenvalue weighted by Crippen LogP contribution is -2.37. The lowest BCUT2D eigenvalue weighted by molar-refractivity contribution is 0.171. The maximum atomic E-state index is 3.53. The summed E-state index contributed by atoms with van der Waals surface area (Å²) in [5, 5.41) is 3.53.